The number of aryl methyl sites for hydroxylation is 1. The van der Waals surface area contributed by atoms with E-state index in [1.807, 2.05) is 37.3 Å². The van der Waals surface area contributed by atoms with Gasteiger partial charge in [0.15, 0.2) is 17.3 Å². The van der Waals surface area contributed by atoms with E-state index in [1.54, 1.807) is 30.1 Å². The number of rotatable bonds is 3. The van der Waals surface area contributed by atoms with E-state index >= 15 is 0 Å². The van der Waals surface area contributed by atoms with E-state index in [2.05, 4.69) is 10.1 Å². The molecule has 0 saturated carbocycles. The van der Waals surface area contributed by atoms with E-state index in [1.165, 1.54) is 6.92 Å². The van der Waals surface area contributed by atoms with Gasteiger partial charge >= 0.3 is 0 Å². The highest BCUT2D eigenvalue weighted by atomic mass is 16.5. The Morgan fingerprint density at radius 3 is 2.62 bits per heavy atom. The monoisotopic (exact) mass is 386 g/mol. The maximum absolute atomic E-state index is 12.5. The molecule has 1 atom stereocenters. The van der Waals surface area contributed by atoms with Crippen LogP contribution in [-0.2, 0) is 4.79 Å². The van der Waals surface area contributed by atoms with Crippen molar-refractivity contribution >= 4 is 11.4 Å². The molecule has 5 rings (SSSR count). The Labute approximate surface area is 166 Å². The van der Waals surface area contributed by atoms with Gasteiger partial charge in [0, 0.05) is 11.1 Å². The summed E-state index contributed by atoms with van der Waals surface area (Å²) in [6, 6.07) is 11.6. The van der Waals surface area contributed by atoms with Crippen LogP contribution in [0.1, 0.15) is 36.7 Å². The number of benzene rings is 1. The highest BCUT2D eigenvalue weighted by molar-refractivity contribution is 5.97. The molecule has 0 aliphatic carbocycles. The summed E-state index contributed by atoms with van der Waals surface area (Å²) < 4.78 is 13.2. The van der Waals surface area contributed by atoms with E-state index < -0.39 is 5.92 Å². The van der Waals surface area contributed by atoms with Crippen molar-refractivity contribution < 1.29 is 13.9 Å². The molecular weight excluding hydrogens is 368 g/mol. The van der Waals surface area contributed by atoms with Crippen LogP contribution < -0.4 is 4.74 Å². The van der Waals surface area contributed by atoms with Crippen molar-refractivity contribution in [1.29, 1.82) is 0 Å². The van der Waals surface area contributed by atoms with E-state index in [0.29, 0.717) is 40.0 Å². The SMILES string of the molecule is CC(=O)C1=C(C)Oc2ncn3nc(-c4ccc(C)cc4)nc3c2[C@H]1c1ccco1. The van der Waals surface area contributed by atoms with Crippen LogP contribution >= 0.6 is 0 Å². The van der Waals surface area contributed by atoms with E-state index in [0.717, 1.165) is 11.1 Å². The number of furan rings is 1. The van der Waals surface area contributed by atoms with Crippen molar-refractivity contribution in [3.63, 3.8) is 0 Å². The first kappa shape index (κ1) is 17.4. The fraction of sp³-hybridized carbons (Fsp3) is 0.182. The molecule has 4 heterocycles. The highest BCUT2D eigenvalue weighted by Gasteiger charge is 2.37. The molecule has 7 nitrogen and oxygen atoms in total. The number of hydrogen-bond acceptors (Lipinski definition) is 6. The van der Waals surface area contributed by atoms with Crippen LogP contribution in [0, 0.1) is 6.92 Å². The number of carbonyl (C=O) groups is 1. The maximum atomic E-state index is 12.5. The first-order chi connectivity index (χ1) is 14.0. The summed E-state index contributed by atoms with van der Waals surface area (Å²) in [5.41, 5.74) is 3.84. The summed E-state index contributed by atoms with van der Waals surface area (Å²) in [7, 11) is 0. The van der Waals surface area contributed by atoms with Crippen LogP contribution in [0.15, 0.2) is 64.7 Å². The lowest BCUT2D eigenvalue weighted by Crippen LogP contribution is -2.21. The first-order valence-electron chi connectivity index (χ1n) is 9.28. The molecule has 7 heteroatoms. The largest absolute Gasteiger partial charge is 0.468 e. The van der Waals surface area contributed by atoms with Gasteiger partial charge < -0.3 is 9.15 Å². The number of Topliss-reactive ketones (excluding diaryl/α,β-unsaturated/α-hetero) is 1. The zero-order valence-electron chi connectivity index (χ0n) is 16.2. The Hall–Kier alpha value is -3.74. The minimum absolute atomic E-state index is 0.0881. The van der Waals surface area contributed by atoms with Crippen molar-refractivity contribution in [1.82, 2.24) is 19.6 Å². The number of fused-ring (bicyclic) bond motifs is 3. The summed E-state index contributed by atoms with van der Waals surface area (Å²) in [4.78, 5) is 21.7. The average Bonchev–Trinajstić information content (AvgIpc) is 3.37. The van der Waals surface area contributed by atoms with Gasteiger partial charge in [0.1, 0.15) is 17.8 Å². The molecule has 1 aliphatic rings. The third-order valence-electron chi connectivity index (χ3n) is 5.11. The maximum Gasteiger partial charge on any atom is 0.228 e. The Kier molecular flexibility index (Phi) is 3.84. The molecule has 1 aliphatic heterocycles. The van der Waals surface area contributed by atoms with Gasteiger partial charge in [-0.05, 0) is 32.9 Å². The first-order valence-corrected chi connectivity index (χ1v) is 9.28. The number of nitrogens with zero attached hydrogens (tertiary/aromatic N) is 4. The molecule has 0 radical (unpaired) electrons. The third-order valence-corrected chi connectivity index (χ3v) is 5.11. The minimum Gasteiger partial charge on any atom is -0.468 e. The second-order valence-corrected chi connectivity index (χ2v) is 7.11. The lowest BCUT2D eigenvalue weighted by Gasteiger charge is -2.26. The van der Waals surface area contributed by atoms with Crippen molar-refractivity contribution in [3.05, 3.63) is 77.2 Å². The Morgan fingerprint density at radius 2 is 1.93 bits per heavy atom. The predicted octanol–water partition coefficient (Wildman–Crippen LogP) is 4.08. The highest BCUT2D eigenvalue weighted by Crippen LogP contribution is 2.44. The van der Waals surface area contributed by atoms with E-state index in [-0.39, 0.29) is 5.78 Å². The molecular formula is C22H18N4O3. The van der Waals surface area contributed by atoms with Gasteiger partial charge in [0.2, 0.25) is 5.88 Å². The van der Waals surface area contributed by atoms with Gasteiger partial charge in [-0.15, -0.1) is 5.10 Å². The lowest BCUT2D eigenvalue weighted by molar-refractivity contribution is -0.114. The number of ketones is 1. The number of carbonyl (C=O) groups excluding carboxylic acids is 1. The second kappa shape index (κ2) is 6.41. The quantitative estimate of drug-likeness (QED) is 0.528. The molecule has 3 aromatic heterocycles. The van der Waals surface area contributed by atoms with Crippen LogP contribution in [0.4, 0.5) is 0 Å². The van der Waals surface area contributed by atoms with Crippen molar-refractivity contribution in [2.75, 3.05) is 0 Å². The van der Waals surface area contributed by atoms with Crippen LogP contribution in [0.5, 0.6) is 5.88 Å². The standard InChI is InChI=1S/C22H18N4O3/c1-12-6-8-15(9-7-12)20-24-21-19-18(16-5-4-10-28-16)17(13(2)27)14(3)29-22(19)23-11-26(21)25-20/h4-11,18H,1-3H3/t18-/m0/s1. The summed E-state index contributed by atoms with van der Waals surface area (Å²) in [6.45, 7) is 5.33. The molecule has 0 saturated heterocycles. The van der Waals surface area contributed by atoms with Gasteiger partial charge in [-0.25, -0.2) is 14.5 Å². The topological polar surface area (TPSA) is 82.5 Å². The molecule has 0 unspecified atom stereocenters. The summed E-state index contributed by atoms with van der Waals surface area (Å²) >= 11 is 0. The molecule has 0 fully saturated rings. The van der Waals surface area contributed by atoms with Gasteiger partial charge in [0.05, 0.1) is 17.7 Å². The summed E-state index contributed by atoms with van der Waals surface area (Å²) in [6.07, 6.45) is 3.16. The summed E-state index contributed by atoms with van der Waals surface area (Å²) in [5, 5.41) is 4.58. The van der Waals surface area contributed by atoms with Gasteiger partial charge in [-0.3, -0.25) is 4.79 Å². The van der Waals surface area contributed by atoms with Gasteiger partial charge in [-0.1, -0.05) is 29.8 Å². The molecule has 0 N–H and O–H groups in total. The van der Waals surface area contributed by atoms with Gasteiger partial charge in [0.25, 0.3) is 0 Å². The van der Waals surface area contributed by atoms with Crippen LogP contribution in [0.3, 0.4) is 0 Å². The average molecular weight is 386 g/mol. The predicted molar refractivity (Wildman–Crippen MR) is 106 cm³/mol. The number of aromatic nitrogens is 4. The minimum atomic E-state index is -0.461. The zero-order chi connectivity index (χ0) is 20.1. The molecule has 29 heavy (non-hydrogen) atoms. The molecule has 4 aromatic rings. The number of hydrogen-bond donors (Lipinski definition) is 0. The van der Waals surface area contributed by atoms with E-state index in [4.69, 9.17) is 14.1 Å². The van der Waals surface area contributed by atoms with Gasteiger partial charge in [-0.2, -0.15) is 0 Å². The fourth-order valence-electron chi connectivity index (χ4n) is 3.76. The Balaban J connectivity index is 1.76. The molecule has 144 valence electrons. The smallest absolute Gasteiger partial charge is 0.228 e. The zero-order valence-corrected chi connectivity index (χ0v) is 16.2. The normalized spacial score (nSPS) is 16.0. The van der Waals surface area contributed by atoms with Crippen LogP contribution in [0.2, 0.25) is 0 Å². The lowest BCUT2D eigenvalue weighted by atomic mass is 9.85. The number of ether oxygens (including phenoxy) is 1. The van der Waals surface area contributed by atoms with Crippen LogP contribution in [0.25, 0.3) is 17.0 Å². The van der Waals surface area contributed by atoms with Crippen LogP contribution in [-0.4, -0.2) is 25.4 Å². The second-order valence-electron chi connectivity index (χ2n) is 7.11. The Morgan fingerprint density at radius 1 is 1.14 bits per heavy atom. The fourth-order valence-corrected chi connectivity index (χ4v) is 3.76. The molecule has 0 amide bonds. The van der Waals surface area contributed by atoms with Crippen molar-refractivity contribution in [2.45, 2.75) is 26.7 Å². The van der Waals surface area contributed by atoms with E-state index in [9.17, 15) is 4.79 Å². The van der Waals surface area contributed by atoms with Crippen molar-refractivity contribution in [2.24, 2.45) is 0 Å². The van der Waals surface area contributed by atoms with Crippen molar-refractivity contribution in [3.8, 4) is 17.3 Å². The molecule has 0 bridgehead atoms. The molecule has 0 spiro atoms. The third kappa shape index (κ3) is 2.74. The Bertz CT molecular complexity index is 1270. The molecule has 1 aromatic carbocycles. The summed E-state index contributed by atoms with van der Waals surface area (Å²) in [5.74, 6) is 1.58. The number of allylic oxidation sites excluding steroid dienone is 2.